The van der Waals surface area contributed by atoms with E-state index in [1.54, 1.807) is 48.5 Å². The van der Waals surface area contributed by atoms with E-state index in [1.165, 1.54) is 0 Å². The van der Waals surface area contributed by atoms with Gasteiger partial charge in [-0.2, -0.15) is 0 Å². The van der Waals surface area contributed by atoms with Gasteiger partial charge in [-0.05, 0) is 0 Å². The molecule has 0 aliphatic rings. The molecular weight excluding hydrogens is 268 g/mol. The van der Waals surface area contributed by atoms with Crippen molar-refractivity contribution in [1.29, 1.82) is 0 Å². The summed E-state index contributed by atoms with van der Waals surface area (Å²) in [7, 11) is 0. The van der Waals surface area contributed by atoms with Crippen molar-refractivity contribution in [3.05, 3.63) is 71.8 Å². The van der Waals surface area contributed by atoms with Crippen LogP contribution in [0.5, 0.6) is 0 Å². The predicted molar refractivity (Wildman–Crippen MR) is 72.6 cm³/mol. The van der Waals surface area contributed by atoms with E-state index in [0.717, 1.165) is 0 Å². The van der Waals surface area contributed by atoms with E-state index in [-0.39, 0.29) is 61.2 Å². The third-order valence-corrected chi connectivity index (χ3v) is 2.51. The molecule has 19 heavy (non-hydrogen) atoms. The van der Waals surface area contributed by atoms with Crippen LogP contribution in [-0.4, -0.2) is 49.3 Å². The van der Waals surface area contributed by atoms with Crippen molar-refractivity contribution >= 4 is 49.3 Å². The van der Waals surface area contributed by atoms with E-state index in [2.05, 4.69) is 0 Å². The second-order valence-corrected chi connectivity index (χ2v) is 3.76. The van der Waals surface area contributed by atoms with E-state index in [4.69, 9.17) is 0 Å². The Kier molecular flexibility index (Phi) is 8.52. The normalized spacial score (nSPS) is 8.84. The fourth-order valence-electron chi connectivity index (χ4n) is 1.60. The maximum atomic E-state index is 11.8. The summed E-state index contributed by atoms with van der Waals surface area (Å²) in [6.45, 7) is 0. The van der Waals surface area contributed by atoms with Gasteiger partial charge in [0, 0.05) is 11.1 Å². The Hall–Kier alpha value is -1.00. The molecular formula is C15H12CaO3. The van der Waals surface area contributed by atoms with Crippen LogP contribution in [0.1, 0.15) is 27.1 Å². The Labute approximate surface area is 142 Å². The number of ketones is 2. The third-order valence-electron chi connectivity index (χ3n) is 2.51. The summed E-state index contributed by atoms with van der Waals surface area (Å²) in [4.78, 5) is 23.6. The number of carbonyl (C=O) groups excluding carboxylic acids is 2. The smallest absolute Gasteiger partial charge is 2.00 e. The van der Waals surface area contributed by atoms with Gasteiger partial charge >= 0.3 is 37.7 Å². The van der Waals surface area contributed by atoms with Crippen LogP contribution in [0, 0.1) is 0 Å². The van der Waals surface area contributed by atoms with E-state index < -0.39 is 0 Å². The Morgan fingerprint density at radius 3 is 1.32 bits per heavy atom. The van der Waals surface area contributed by atoms with Crippen LogP contribution in [0.15, 0.2) is 60.7 Å². The SMILES string of the molecule is O=C(CC(=O)c1ccccc1)c1ccccc1.[Ca+2].[O-2]. The fourth-order valence-corrected chi connectivity index (χ4v) is 1.60. The first-order valence-corrected chi connectivity index (χ1v) is 5.44. The first-order valence-electron chi connectivity index (χ1n) is 5.44. The van der Waals surface area contributed by atoms with Crippen LogP contribution in [-0.2, 0) is 5.48 Å². The molecule has 0 heterocycles. The van der Waals surface area contributed by atoms with Gasteiger partial charge in [0.2, 0.25) is 0 Å². The molecule has 2 aromatic rings. The van der Waals surface area contributed by atoms with Crippen LogP contribution in [0.4, 0.5) is 0 Å². The zero-order valence-electron chi connectivity index (χ0n) is 10.4. The minimum atomic E-state index is -0.139. The average Bonchev–Trinajstić information content (AvgIpc) is 2.40. The van der Waals surface area contributed by atoms with Crippen LogP contribution in [0.3, 0.4) is 0 Å². The zero-order chi connectivity index (χ0) is 12.1. The Balaban J connectivity index is 0.00000162. The van der Waals surface area contributed by atoms with Crippen LogP contribution >= 0.6 is 0 Å². The van der Waals surface area contributed by atoms with Gasteiger partial charge in [-0.25, -0.2) is 0 Å². The van der Waals surface area contributed by atoms with E-state index >= 15 is 0 Å². The van der Waals surface area contributed by atoms with Crippen molar-refractivity contribution in [3.63, 3.8) is 0 Å². The second kappa shape index (κ2) is 8.99. The van der Waals surface area contributed by atoms with Gasteiger partial charge in [-0.3, -0.25) is 9.59 Å². The number of Topliss-reactive ketones (excluding diaryl/α,β-unsaturated/α-hetero) is 2. The molecule has 2 aromatic carbocycles. The van der Waals surface area contributed by atoms with E-state index in [9.17, 15) is 9.59 Å². The molecule has 92 valence electrons. The summed E-state index contributed by atoms with van der Waals surface area (Å²) in [6, 6.07) is 17.7. The van der Waals surface area contributed by atoms with E-state index in [1.807, 2.05) is 12.1 Å². The number of hydrogen-bond acceptors (Lipinski definition) is 2. The van der Waals surface area contributed by atoms with Gasteiger partial charge in [-0.1, -0.05) is 60.7 Å². The molecule has 0 saturated carbocycles. The molecule has 0 unspecified atom stereocenters. The molecule has 0 aliphatic heterocycles. The van der Waals surface area contributed by atoms with Gasteiger partial charge in [0.1, 0.15) is 0 Å². The molecule has 0 radical (unpaired) electrons. The molecule has 0 atom stereocenters. The maximum absolute atomic E-state index is 11.8. The first kappa shape index (κ1) is 18.0. The quantitative estimate of drug-likeness (QED) is 0.491. The van der Waals surface area contributed by atoms with Gasteiger partial charge in [0.25, 0.3) is 0 Å². The predicted octanol–water partition coefficient (Wildman–Crippen LogP) is 2.64. The van der Waals surface area contributed by atoms with Crippen molar-refractivity contribution in [1.82, 2.24) is 0 Å². The Bertz CT molecular complexity index is 474. The summed E-state index contributed by atoms with van der Waals surface area (Å²) in [5, 5.41) is 0. The number of rotatable bonds is 4. The van der Waals surface area contributed by atoms with Crippen LogP contribution in [0.2, 0.25) is 0 Å². The monoisotopic (exact) mass is 280 g/mol. The summed E-state index contributed by atoms with van der Waals surface area (Å²) in [5.41, 5.74) is 1.16. The zero-order valence-corrected chi connectivity index (χ0v) is 12.6. The fraction of sp³-hybridized carbons (Fsp3) is 0.0667. The standard InChI is InChI=1S/C15H12O2.Ca.O/c16-14(12-7-3-1-4-8-12)11-15(17)13-9-5-2-6-10-13;;/h1-10H,11H2;;/q;+2;-2. The third kappa shape index (κ3) is 5.25. The first-order chi connectivity index (χ1) is 8.27. The minimum Gasteiger partial charge on any atom is -2.00 e. The molecule has 0 amide bonds. The molecule has 0 fully saturated rings. The summed E-state index contributed by atoms with van der Waals surface area (Å²) in [5.74, 6) is -0.279. The molecule has 3 nitrogen and oxygen atoms in total. The Morgan fingerprint density at radius 1 is 0.684 bits per heavy atom. The molecule has 0 saturated heterocycles. The summed E-state index contributed by atoms with van der Waals surface area (Å²) >= 11 is 0. The number of hydrogen-bond donors (Lipinski definition) is 0. The van der Waals surface area contributed by atoms with Gasteiger partial charge < -0.3 is 5.48 Å². The van der Waals surface area contributed by atoms with Crippen molar-refractivity contribution in [2.75, 3.05) is 0 Å². The molecule has 0 aromatic heterocycles. The second-order valence-electron chi connectivity index (χ2n) is 3.76. The van der Waals surface area contributed by atoms with Gasteiger partial charge in [0.05, 0.1) is 6.42 Å². The average molecular weight is 280 g/mol. The topological polar surface area (TPSA) is 62.6 Å². The van der Waals surface area contributed by atoms with Gasteiger partial charge in [-0.15, -0.1) is 0 Å². The number of carbonyl (C=O) groups is 2. The van der Waals surface area contributed by atoms with Crippen molar-refractivity contribution in [3.8, 4) is 0 Å². The largest absolute Gasteiger partial charge is 2.00 e. The Morgan fingerprint density at radius 2 is 1.00 bits per heavy atom. The maximum Gasteiger partial charge on any atom is 2.00 e. The molecule has 0 aliphatic carbocycles. The summed E-state index contributed by atoms with van der Waals surface area (Å²) in [6.07, 6.45) is -0.0754. The van der Waals surface area contributed by atoms with E-state index in [0.29, 0.717) is 11.1 Å². The van der Waals surface area contributed by atoms with Crippen LogP contribution in [0.25, 0.3) is 0 Å². The minimum absolute atomic E-state index is 0. The molecule has 2 rings (SSSR count). The van der Waals surface area contributed by atoms with Crippen LogP contribution < -0.4 is 0 Å². The number of benzene rings is 2. The molecule has 0 bridgehead atoms. The molecule has 0 spiro atoms. The molecule has 0 N–H and O–H groups in total. The van der Waals surface area contributed by atoms with Crippen molar-refractivity contribution in [2.45, 2.75) is 6.42 Å². The van der Waals surface area contributed by atoms with Crippen molar-refractivity contribution < 1.29 is 15.1 Å². The summed E-state index contributed by atoms with van der Waals surface area (Å²) < 4.78 is 0. The molecule has 4 heteroatoms. The van der Waals surface area contributed by atoms with Crippen molar-refractivity contribution in [2.24, 2.45) is 0 Å². The van der Waals surface area contributed by atoms with Gasteiger partial charge in [0.15, 0.2) is 11.6 Å².